The van der Waals surface area contributed by atoms with E-state index in [0.717, 1.165) is 55.8 Å². The smallest absolute Gasteiger partial charge is 0.410 e. The summed E-state index contributed by atoms with van der Waals surface area (Å²) in [7, 11) is 0. The van der Waals surface area contributed by atoms with E-state index in [4.69, 9.17) is 16.3 Å². The van der Waals surface area contributed by atoms with Gasteiger partial charge in [0, 0.05) is 29.9 Å². The summed E-state index contributed by atoms with van der Waals surface area (Å²) in [6.45, 7) is 5.87. The van der Waals surface area contributed by atoms with Crippen molar-refractivity contribution in [3.8, 4) is 5.69 Å². The molecule has 2 fully saturated rings. The monoisotopic (exact) mass is 457 g/mol. The Morgan fingerprint density at radius 2 is 1.81 bits per heavy atom. The number of rotatable bonds is 3. The number of ether oxygens (including phenoxy) is 1. The molecular weight excluding hydrogens is 430 g/mol. The van der Waals surface area contributed by atoms with E-state index in [1.807, 2.05) is 36.9 Å². The van der Waals surface area contributed by atoms with E-state index < -0.39 is 0 Å². The van der Waals surface area contributed by atoms with Crippen LogP contribution in [-0.4, -0.2) is 55.8 Å². The lowest BCUT2D eigenvalue weighted by Crippen LogP contribution is -2.39. The number of piperidine rings is 1. The van der Waals surface area contributed by atoms with Crippen LogP contribution in [0.15, 0.2) is 18.2 Å². The van der Waals surface area contributed by atoms with Gasteiger partial charge < -0.3 is 9.64 Å². The quantitative estimate of drug-likeness (QED) is 0.698. The van der Waals surface area contributed by atoms with Gasteiger partial charge >= 0.3 is 6.09 Å². The Hall–Kier alpha value is -2.61. The van der Waals surface area contributed by atoms with Gasteiger partial charge in [-0.3, -0.25) is 14.3 Å². The third-order valence-electron chi connectivity index (χ3n) is 6.42. The van der Waals surface area contributed by atoms with Crippen molar-refractivity contribution in [2.24, 2.45) is 5.92 Å². The van der Waals surface area contributed by atoms with Crippen molar-refractivity contribution in [2.75, 3.05) is 13.1 Å². The van der Waals surface area contributed by atoms with E-state index in [2.05, 4.69) is 14.8 Å². The molecule has 1 aromatic heterocycles. The molecule has 1 saturated carbocycles. The Labute approximate surface area is 192 Å². The molecule has 0 atom stereocenters. The summed E-state index contributed by atoms with van der Waals surface area (Å²) in [5, 5.41) is 9.64. The highest BCUT2D eigenvalue weighted by Crippen LogP contribution is 2.36. The summed E-state index contributed by atoms with van der Waals surface area (Å²) in [5.74, 6) is 2.36. The highest BCUT2D eigenvalue weighted by Gasteiger charge is 2.37. The van der Waals surface area contributed by atoms with Crippen molar-refractivity contribution >= 4 is 23.6 Å². The molecule has 1 aromatic carbocycles. The molecular formula is C23H28ClN5O3. The molecule has 1 saturated heterocycles. The predicted octanol–water partition coefficient (Wildman–Crippen LogP) is 3.90. The molecule has 9 heteroatoms. The van der Waals surface area contributed by atoms with Crippen molar-refractivity contribution in [1.29, 1.82) is 0 Å². The minimum atomic E-state index is -0.379. The van der Waals surface area contributed by atoms with Crippen molar-refractivity contribution in [1.82, 2.24) is 24.6 Å². The van der Waals surface area contributed by atoms with E-state index >= 15 is 0 Å². The summed E-state index contributed by atoms with van der Waals surface area (Å²) in [6, 6.07) is 5.71. The zero-order chi connectivity index (χ0) is 22.4. The van der Waals surface area contributed by atoms with Crippen LogP contribution in [0.25, 0.3) is 5.69 Å². The molecule has 170 valence electrons. The van der Waals surface area contributed by atoms with Crippen LogP contribution in [0.3, 0.4) is 0 Å². The average Bonchev–Trinajstić information content (AvgIpc) is 3.55. The first-order chi connectivity index (χ1) is 15.4. The van der Waals surface area contributed by atoms with E-state index in [-0.39, 0.29) is 24.0 Å². The maximum Gasteiger partial charge on any atom is 0.410 e. The molecule has 2 aromatic rings. The van der Waals surface area contributed by atoms with Gasteiger partial charge in [-0.1, -0.05) is 11.6 Å². The van der Waals surface area contributed by atoms with Crippen LogP contribution < -0.4 is 0 Å². The Balaban J connectivity index is 1.44. The summed E-state index contributed by atoms with van der Waals surface area (Å²) >= 11 is 6.29. The summed E-state index contributed by atoms with van der Waals surface area (Å²) in [4.78, 5) is 28.8. The Morgan fingerprint density at radius 1 is 1.06 bits per heavy atom. The third kappa shape index (κ3) is 4.08. The van der Waals surface area contributed by atoms with Crippen LogP contribution in [0.4, 0.5) is 4.79 Å². The highest BCUT2D eigenvalue weighted by atomic mass is 35.5. The second-order valence-corrected chi connectivity index (χ2v) is 9.68. The number of fused-ring (bicyclic) bond motifs is 3. The van der Waals surface area contributed by atoms with Crippen LogP contribution in [0, 0.1) is 5.92 Å². The molecule has 0 N–H and O–H groups in total. The largest absolute Gasteiger partial charge is 0.447 e. The molecule has 32 heavy (non-hydrogen) atoms. The maximum atomic E-state index is 12.7. The summed E-state index contributed by atoms with van der Waals surface area (Å²) in [5.41, 5.74) is 1.88. The molecule has 3 aliphatic rings. The van der Waals surface area contributed by atoms with Gasteiger partial charge in [-0.2, -0.15) is 0 Å². The van der Waals surface area contributed by atoms with Gasteiger partial charge in [0.15, 0.2) is 5.82 Å². The van der Waals surface area contributed by atoms with Crippen LogP contribution in [0.5, 0.6) is 0 Å². The molecule has 2 aliphatic heterocycles. The Morgan fingerprint density at radius 3 is 2.50 bits per heavy atom. The fourth-order valence-electron chi connectivity index (χ4n) is 4.64. The van der Waals surface area contributed by atoms with Crippen LogP contribution in [-0.2, 0) is 22.6 Å². The van der Waals surface area contributed by atoms with Crippen molar-refractivity contribution < 1.29 is 14.3 Å². The molecule has 8 nitrogen and oxygen atoms in total. The molecule has 3 heterocycles. The van der Waals surface area contributed by atoms with Crippen LogP contribution in [0.1, 0.15) is 62.7 Å². The minimum absolute atomic E-state index is 0.206. The second kappa shape index (κ2) is 8.39. The third-order valence-corrected chi connectivity index (χ3v) is 6.66. The summed E-state index contributed by atoms with van der Waals surface area (Å²) < 4.78 is 7.53. The predicted molar refractivity (Wildman–Crippen MR) is 119 cm³/mol. The number of carbonyl (C=O) groups is 2. The number of aromatic nitrogens is 3. The van der Waals surface area contributed by atoms with Crippen molar-refractivity contribution in [3.05, 3.63) is 40.4 Å². The number of likely N-dealkylation sites (tertiary alicyclic amines) is 1. The molecule has 0 unspecified atom stereocenters. The lowest BCUT2D eigenvalue weighted by atomic mass is 9.95. The topological polar surface area (TPSA) is 80.6 Å². The first-order valence-corrected chi connectivity index (χ1v) is 11.8. The van der Waals surface area contributed by atoms with Crippen LogP contribution >= 0.6 is 11.6 Å². The Bertz CT molecular complexity index is 1040. The average molecular weight is 458 g/mol. The Kier molecular flexibility index (Phi) is 5.57. The molecule has 0 radical (unpaired) electrons. The number of benzene rings is 1. The first-order valence-electron chi connectivity index (χ1n) is 11.4. The van der Waals surface area contributed by atoms with Gasteiger partial charge in [0.1, 0.15) is 5.82 Å². The normalized spacial score (nSPS) is 18.9. The SMILES string of the molecule is CC(C)OC(=O)N1Cc2cc(Cl)ccc2-n2c(nnc2C2CCN(C(=O)C3CC3)CC2)C1. The zero-order valence-corrected chi connectivity index (χ0v) is 19.2. The lowest BCUT2D eigenvalue weighted by molar-refractivity contribution is -0.133. The van der Waals surface area contributed by atoms with Gasteiger partial charge in [-0.25, -0.2) is 4.79 Å². The molecule has 5 rings (SSSR count). The van der Waals surface area contributed by atoms with Crippen LogP contribution in [0.2, 0.25) is 5.02 Å². The standard InChI is InChI=1S/C23H28ClN5O3/c1-14(2)32-23(31)28-12-17-11-18(24)5-6-19(17)29-20(13-28)25-26-21(29)15-7-9-27(10-8-15)22(30)16-3-4-16/h5-6,11,14-16H,3-4,7-10,12-13H2,1-2H3. The molecule has 0 bridgehead atoms. The van der Waals surface area contributed by atoms with Gasteiger partial charge in [0.2, 0.25) is 5.91 Å². The van der Waals surface area contributed by atoms with E-state index in [9.17, 15) is 9.59 Å². The van der Waals surface area contributed by atoms with Gasteiger partial charge in [0.05, 0.1) is 24.9 Å². The first kappa shape index (κ1) is 21.2. The highest BCUT2D eigenvalue weighted by molar-refractivity contribution is 6.30. The van der Waals surface area contributed by atoms with Gasteiger partial charge in [0.25, 0.3) is 0 Å². The second-order valence-electron chi connectivity index (χ2n) is 9.25. The lowest BCUT2D eigenvalue weighted by Gasteiger charge is -2.32. The fourth-order valence-corrected chi connectivity index (χ4v) is 4.84. The van der Waals surface area contributed by atoms with Gasteiger partial charge in [-0.05, 0) is 63.3 Å². The van der Waals surface area contributed by atoms with E-state index in [1.165, 1.54) is 0 Å². The van der Waals surface area contributed by atoms with E-state index in [0.29, 0.717) is 29.8 Å². The minimum Gasteiger partial charge on any atom is -0.447 e. The zero-order valence-electron chi connectivity index (χ0n) is 18.5. The fraction of sp³-hybridized carbons (Fsp3) is 0.565. The number of hydrogen-bond donors (Lipinski definition) is 0. The van der Waals surface area contributed by atoms with Gasteiger partial charge in [-0.15, -0.1) is 10.2 Å². The molecule has 0 spiro atoms. The maximum absolute atomic E-state index is 12.7. The number of amides is 2. The van der Waals surface area contributed by atoms with E-state index in [1.54, 1.807) is 4.90 Å². The molecule has 1 aliphatic carbocycles. The number of nitrogens with zero attached hydrogens (tertiary/aromatic N) is 5. The molecule has 2 amide bonds. The van der Waals surface area contributed by atoms with Crippen molar-refractivity contribution in [3.63, 3.8) is 0 Å². The number of halogens is 1. The number of carbonyl (C=O) groups excluding carboxylic acids is 2. The number of hydrogen-bond acceptors (Lipinski definition) is 5. The van der Waals surface area contributed by atoms with Crippen molar-refractivity contribution in [2.45, 2.75) is 64.6 Å². The summed E-state index contributed by atoms with van der Waals surface area (Å²) in [6.07, 6.45) is 3.20.